The van der Waals surface area contributed by atoms with Crippen molar-refractivity contribution in [3.05, 3.63) is 296 Å². The number of pyridine rings is 5. The van der Waals surface area contributed by atoms with E-state index >= 15 is 0 Å². The summed E-state index contributed by atoms with van der Waals surface area (Å²) in [6.07, 6.45) is 4.52. The molecule has 0 unspecified atom stereocenters. The summed E-state index contributed by atoms with van der Waals surface area (Å²) in [6, 6.07) is 46.7. The summed E-state index contributed by atoms with van der Waals surface area (Å²) in [5.74, 6) is -2.56. The first-order valence-corrected chi connectivity index (χ1v) is 33.8. The molecule has 0 saturated carbocycles. The number of halogens is 7. The van der Waals surface area contributed by atoms with E-state index in [-0.39, 0.29) is 111 Å². The summed E-state index contributed by atoms with van der Waals surface area (Å²) in [5, 5.41) is 40.4. The summed E-state index contributed by atoms with van der Waals surface area (Å²) in [6.45, 7) is 7.73. The van der Waals surface area contributed by atoms with Crippen LogP contribution in [-0.2, 0) is 19.6 Å². The van der Waals surface area contributed by atoms with Crippen LogP contribution in [0.4, 0.5) is 40.8 Å². The second-order valence-electron chi connectivity index (χ2n) is 23.1. The Morgan fingerprint density at radius 1 is 0.423 bits per heavy atom. The number of aromatic carboxylic acids is 1. The molecule has 15 N–H and O–H groups in total. The number of anilines is 4. The molecule has 9 aromatic heterocycles. The monoisotopic (exact) mass is 1560 g/mol. The molecule has 13 aromatic rings. The molecule has 0 radical (unpaired) electrons. The van der Waals surface area contributed by atoms with Gasteiger partial charge in [0.15, 0.2) is 27.0 Å². The second-order valence-corrected chi connectivity index (χ2v) is 24.2. The minimum atomic E-state index is -1.39. The minimum Gasteiger partial charge on any atom is -0.477 e. The zero-order valence-corrected chi connectivity index (χ0v) is 61.3. The number of nitriles is 1. The van der Waals surface area contributed by atoms with Crippen LogP contribution >= 0.6 is 34.8 Å². The maximum Gasteiger partial charge on any atom is 0.488 e. The van der Waals surface area contributed by atoms with Gasteiger partial charge in [0.05, 0.1) is 30.2 Å². The van der Waals surface area contributed by atoms with Crippen molar-refractivity contribution in [2.75, 3.05) is 22.9 Å². The highest BCUT2D eigenvalue weighted by Crippen LogP contribution is 2.33. The number of aryl methyl sites for hydroxylation is 4. The Kier molecular flexibility index (Phi) is 30.0. The first-order valence-electron chi connectivity index (χ1n) is 32.6. The Bertz CT molecular complexity index is 5400. The molecule has 0 saturated heterocycles. The molecule has 0 fully saturated rings. The van der Waals surface area contributed by atoms with E-state index in [9.17, 15) is 31.9 Å². The molecule has 562 valence electrons. The predicted octanol–water partition coefficient (Wildman–Crippen LogP) is 11.2. The van der Waals surface area contributed by atoms with E-state index in [4.69, 9.17) is 88.9 Å². The van der Waals surface area contributed by atoms with Crippen LogP contribution in [0.25, 0.3) is 56.3 Å². The number of benzene rings is 4. The van der Waals surface area contributed by atoms with Crippen molar-refractivity contribution in [3.8, 4) is 62.4 Å². The number of rotatable bonds is 14. The quantitative estimate of drug-likeness (QED) is 0.0357. The van der Waals surface area contributed by atoms with E-state index in [0.29, 0.717) is 79.0 Å². The number of carboxylic acid groups (broad SMARTS) is 1. The lowest BCUT2D eigenvalue weighted by molar-refractivity contribution is 0.0689. The molecule has 111 heavy (non-hydrogen) atoms. The van der Waals surface area contributed by atoms with Gasteiger partial charge in [-0.2, -0.15) is 5.26 Å². The molecule has 4 aromatic carbocycles. The Morgan fingerprint density at radius 3 is 1.10 bits per heavy atom. The van der Waals surface area contributed by atoms with E-state index in [1.807, 2.05) is 39.8 Å². The maximum atomic E-state index is 13.5. The number of nitrogens with zero attached hydrogens (tertiary/aromatic N) is 14. The number of hydrogen-bond acceptors (Lipinski definition) is 24. The molecule has 0 aliphatic heterocycles. The van der Waals surface area contributed by atoms with Crippen LogP contribution in [0.3, 0.4) is 0 Å². The van der Waals surface area contributed by atoms with Gasteiger partial charge in [-0.05, 0) is 191 Å². The Morgan fingerprint density at radius 2 is 0.748 bits per heavy atom. The van der Waals surface area contributed by atoms with Gasteiger partial charge in [-0.15, -0.1) is 0 Å². The van der Waals surface area contributed by atoms with Crippen molar-refractivity contribution < 1.29 is 47.1 Å². The topological polar surface area (TPSA) is 457 Å². The fraction of sp³-hybridized carbons (Fsp3) is 0.0921. The standard InChI is InChI=1S/C24H21FN6O.C17H13ClFN5O.C11H10ClFN4.C11H6ClFN4.C7H10BNO2.C6H5NO2/c1-14-11-17(12-15(2)29-14)22-21(16-6-8-18(25)9-7-16)31-23(26)20(30-22)13-28-24(32)19-5-3-4-10-27-19;18-15-14(10-4-6-11(19)7-5-10)24-16(20)13(23-15)9-22-17(25)12-3-1-2-8-21-12;2*12-10-9(6-1-3-7(13)4-2-6)17-11(15)8(5-14)16-10;1-5-3-7(8(10)11)4-6(2)9-5;8-6(9)5-3-1-2-4-7-5/h3-12H,13H2,1-2H3,(H2,26,31)(H,28,32);1-8H,9H2,(H2,20,24)(H,22,25);1-4H,5,14H2,(H2,15,17);1-4H,(H2,15,17);3-4,10-11H,1-2H3;1-4H,(H,8,9). The first kappa shape index (κ1) is 83.2. The van der Waals surface area contributed by atoms with Gasteiger partial charge < -0.3 is 54.5 Å². The van der Waals surface area contributed by atoms with Gasteiger partial charge in [-0.3, -0.25) is 29.5 Å². The van der Waals surface area contributed by atoms with Crippen molar-refractivity contribution >= 4 is 88.4 Å². The van der Waals surface area contributed by atoms with E-state index in [0.717, 1.165) is 28.3 Å². The Labute approximate surface area is 647 Å². The van der Waals surface area contributed by atoms with Gasteiger partial charge >= 0.3 is 13.1 Å². The number of aromatic nitrogens is 13. The molecular weight excluding hydrogens is 1500 g/mol. The number of hydrogen-bond donors (Lipinski definition) is 10. The third-order valence-electron chi connectivity index (χ3n) is 14.8. The Balaban J connectivity index is 0.000000175. The van der Waals surface area contributed by atoms with Crippen molar-refractivity contribution in [2.24, 2.45) is 5.73 Å². The van der Waals surface area contributed by atoms with E-state index in [2.05, 4.69) is 70.4 Å². The summed E-state index contributed by atoms with van der Waals surface area (Å²) >= 11 is 18.0. The number of nitrogens with one attached hydrogen (secondary N) is 2. The zero-order valence-electron chi connectivity index (χ0n) is 59.0. The van der Waals surface area contributed by atoms with Gasteiger partial charge in [-0.25, -0.2) is 67.2 Å². The van der Waals surface area contributed by atoms with Crippen LogP contribution < -0.4 is 44.8 Å². The van der Waals surface area contributed by atoms with Crippen molar-refractivity contribution in [2.45, 2.75) is 47.3 Å². The summed E-state index contributed by atoms with van der Waals surface area (Å²) in [5.41, 5.74) is 39.8. The molecule has 0 atom stereocenters. The van der Waals surface area contributed by atoms with Crippen LogP contribution in [0.1, 0.15) is 77.0 Å². The molecule has 2 amide bonds. The Hall–Kier alpha value is -13.4. The van der Waals surface area contributed by atoms with Crippen LogP contribution in [0.2, 0.25) is 15.5 Å². The third-order valence-corrected chi connectivity index (χ3v) is 15.6. The molecular formula is C76H65BCl3F4N21O6. The molecule has 0 bridgehead atoms. The summed E-state index contributed by atoms with van der Waals surface area (Å²) in [7, 11) is -1.39. The SMILES string of the molecule is Cc1cc(-c2nc(CNC(=O)c3ccccn3)c(N)nc2-c2ccc(F)cc2)cc(C)n1.Cc1cc(B(O)O)cc(C)n1.N#Cc1nc(Cl)c(-c2ccc(F)cc2)nc1N.NCc1nc(Cl)c(-c2ccc(F)cc2)nc1N.Nc1nc(-c2ccc(F)cc2)c(Cl)nc1CNC(=O)c1ccccn1.O=C(O)c1ccccn1. The molecule has 27 nitrogen and oxygen atoms in total. The zero-order chi connectivity index (χ0) is 80.4. The second kappa shape index (κ2) is 40.0. The number of nitrogen functional groups attached to an aromatic ring is 4. The number of carbonyl (C=O) groups excluding carboxylic acids is 2. The lowest BCUT2D eigenvalue weighted by Gasteiger charge is -2.14. The van der Waals surface area contributed by atoms with Gasteiger partial charge in [-0.1, -0.05) is 53.0 Å². The smallest absolute Gasteiger partial charge is 0.477 e. The van der Waals surface area contributed by atoms with Crippen LogP contribution in [0.5, 0.6) is 0 Å². The summed E-state index contributed by atoms with van der Waals surface area (Å²) < 4.78 is 52.1. The molecule has 0 aliphatic carbocycles. The predicted molar refractivity (Wildman–Crippen MR) is 413 cm³/mol. The fourth-order valence-electron chi connectivity index (χ4n) is 9.69. The van der Waals surface area contributed by atoms with E-state index < -0.39 is 13.1 Å². The molecule has 35 heteroatoms. The van der Waals surface area contributed by atoms with Gasteiger partial charge in [0, 0.05) is 75.7 Å². The summed E-state index contributed by atoms with van der Waals surface area (Å²) in [4.78, 5) is 88.3. The van der Waals surface area contributed by atoms with E-state index in [1.54, 1.807) is 97.2 Å². The normalized spacial score (nSPS) is 10.3. The van der Waals surface area contributed by atoms with Crippen LogP contribution in [0, 0.1) is 62.3 Å². The number of amides is 2. The van der Waals surface area contributed by atoms with Gasteiger partial charge in [0.25, 0.3) is 11.8 Å². The van der Waals surface area contributed by atoms with Gasteiger partial charge in [0.2, 0.25) is 0 Å². The largest absolute Gasteiger partial charge is 0.488 e. The highest BCUT2D eigenvalue weighted by atomic mass is 35.5. The highest BCUT2D eigenvalue weighted by Gasteiger charge is 2.21. The minimum absolute atomic E-state index is 0.00350. The lowest BCUT2D eigenvalue weighted by atomic mass is 9.80. The van der Waals surface area contributed by atoms with Crippen molar-refractivity contribution in [1.82, 2.24) is 75.4 Å². The van der Waals surface area contributed by atoms with Crippen LogP contribution in [0.15, 0.2) is 195 Å². The lowest BCUT2D eigenvalue weighted by Crippen LogP contribution is -2.30. The van der Waals surface area contributed by atoms with Crippen molar-refractivity contribution in [3.63, 3.8) is 0 Å². The van der Waals surface area contributed by atoms with Gasteiger partial charge in [0.1, 0.15) is 92.3 Å². The maximum absolute atomic E-state index is 13.5. The number of carbonyl (C=O) groups is 3. The van der Waals surface area contributed by atoms with Crippen LogP contribution in [-0.4, -0.2) is 105 Å². The first-order chi connectivity index (χ1) is 53.1. The van der Waals surface area contributed by atoms with Crippen molar-refractivity contribution in [1.29, 1.82) is 5.26 Å². The third kappa shape index (κ3) is 24.3. The number of carboxylic acids is 1. The molecule has 0 aliphatic rings. The van der Waals surface area contributed by atoms with E-state index in [1.165, 1.54) is 91.3 Å². The molecule has 9 heterocycles. The highest BCUT2D eigenvalue weighted by molar-refractivity contribution is 6.58. The average molecular weight is 1560 g/mol. The molecule has 0 spiro atoms. The number of nitrogens with two attached hydrogens (primary N) is 5. The molecule has 13 rings (SSSR count). The fourth-order valence-corrected chi connectivity index (χ4v) is 10.4. The average Bonchev–Trinajstić information content (AvgIpc) is 0.790.